The number of nitrogens with one attached hydrogen (secondary N) is 1. The van der Waals surface area contributed by atoms with E-state index in [9.17, 15) is 9.59 Å². The van der Waals surface area contributed by atoms with Crippen LogP contribution >= 0.6 is 0 Å². The van der Waals surface area contributed by atoms with Crippen LogP contribution in [0.15, 0.2) is 52.9 Å². The zero-order valence-corrected chi connectivity index (χ0v) is 14.3. The summed E-state index contributed by atoms with van der Waals surface area (Å²) in [6.45, 7) is 4.97. The number of carbonyl (C=O) groups is 2. The quantitative estimate of drug-likeness (QED) is 0.723. The third kappa shape index (κ3) is 3.71. The number of aryl methyl sites for hydroxylation is 2. The Morgan fingerprint density at radius 3 is 2.44 bits per heavy atom. The van der Waals surface area contributed by atoms with Gasteiger partial charge in [0, 0.05) is 5.69 Å². The Bertz CT molecular complexity index is 942. The first-order valence-corrected chi connectivity index (χ1v) is 8.02. The number of benzene rings is 2. The van der Waals surface area contributed by atoms with Crippen LogP contribution in [0.5, 0.6) is 0 Å². The van der Waals surface area contributed by atoms with Crippen LogP contribution in [0.4, 0.5) is 5.69 Å². The molecule has 0 spiro atoms. The van der Waals surface area contributed by atoms with Crippen LogP contribution in [0.1, 0.15) is 28.8 Å². The lowest BCUT2D eigenvalue weighted by Gasteiger charge is -2.13. The van der Waals surface area contributed by atoms with Gasteiger partial charge in [0.25, 0.3) is 5.91 Å². The highest BCUT2D eigenvalue weighted by molar-refractivity contribution is 5.99. The normalized spacial score (nSPS) is 12.0. The number of carbonyl (C=O) groups excluding carboxylic acids is 2. The van der Waals surface area contributed by atoms with Crippen molar-refractivity contribution >= 4 is 28.3 Å². The molecule has 3 rings (SSSR count). The highest BCUT2D eigenvalue weighted by Crippen LogP contribution is 2.20. The van der Waals surface area contributed by atoms with E-state index < -0.39 is 12.1 Å². The van der Waals surface area contributed by atoms with Crippen molar-refractivity contribution < 1.29 is 18.7 Å². The van der Waals surface area contributed by atoms with Crippen molar-refractivity contribution in [2.24, 2.45) is 0 Å². The van der Waals surface area contributed by atoms with Crippen LogP contribution in [-0.4, -0.2) is 18.0 Å². The molecule has 0 unspecified atom stereocenters. The number of furan rings is 1. The summed E-state index contributed by atoms with van der Waals surface area (Å²) in [5.74, 6) is 0.138. The van der Waals surface area contributed by atoms with Gasteiger partial charge in [0.2, 0.25) is 0 Å². The number of hydrogen-bond acceptors (Lipinski definition) is 4. The summed E-state index contributed by atoms with van der Waals surface area (Å²) in [5.41, 5.74) is 0.991. The Hall–Kier alpha value is -3.08. The molecule has 1 aromatic heterocycles. The molecule has 1 atom stereocenters. The van der Waals surface area contributed by atoms with E-state index in [0.717, 1.165) is 10.8 Å². The first-order valence-electron chi connectivity index (χ1n) is 8.02. The summed E-state index contributed by atoms with van der Waals surface area (Å²) in [6.07, 6.45) is -0.923. The van der Waals surface area contributed by atoms with Crippen molar-refractivity contribution in [3.05, 3.63) is 65.6 Å². The van der Waals surface area contributed by atoms with E-state index in [1.165, 1.54) is 6.92 Å². The van der Waals surface area contributed by atoms with Crippen molar-refractivity contribution in [2.45, 2.75) is 26.9 Å². The fraction of sp³-hybridized carbons (Fsp3) is 0.200. The third-order valence-electron chi connectivity index (χ3n) is 3.93. The van der Waals surface area contributed by atoms with Crippen LogP contribution in [0.3, 0.4) is 0 Å². The van der Waals surface area contributed by atoms with Crippen molar-refractivity contribution in [2.75, 3.05) is 5.32 Å². The van der Waals surface area contributed by atoms with Crippen LogP contribution < -0.4 is 5.32 Å². The number of ether oxygens (including phenoxy) is 1. The number of esters is 1. The lowest BCUT2D eigenvalue weighted by Crippen LogP contribution is -2.30. The van der Waals surface area contributed by atoms with Gasteiger partial charge in [0.15, 0.2) is 6.10 Å². The summed E-state index contributed by atoms with van der Waals surface area (Å²) in [4.78, 5) is 24.5. The Morgan fingerprint density at radius 1 is 1.04 bits per heavy atom. The molecular formula is C20H19NO4. The number of hydrogen-bond donors (Lipinski definition) is 1. The summed E-state index contributed by atoms with van der Waals surface area (Å²) in [6, 6.07) is 15.1. The Kier molecular flexibility index (Phi) is 4.57. The van der Waals surface area contributed by atoms with Crippen LogP contribution in [0.2, 0.25) is 0 Å². The van der Waals surface area contributed by atoms with Crippen molar-refractivity contribution in [1.82, 2.24) is 0 Å². The standard InChI is InChI=1S/C20H19NO4/c1-12-10-18(13(2)24-12)20(23)25-14(3)19(22)21-17-9-8-15-6-4-5-7-16(15)11-17/h4-11,14H,1-3H3,(H,21,22)/t14-/m0/s1. The fourth-order valence-electron chi connectivity index (χ4n) is 2.62. The van der Waals surface area contributed by atoms with Crippen molar-refractivity contribution in [3.63, 3.8) is 0 Å². The van der Waals surface area contributed by atoms with Gasteiger partial charge in [0.05, 0.1) is 0 Å². The minimum Gasteiger partial charge on any atom is -0.466 e. The van der Waals surface area contributed by atoms with Gasteiger partial charge < -0.3 is 14.5 Å². The monoisotopic (exact) mass is 337 g/mol. The van der Waals surface area contributed by atoms with E-state index in [1.54, 1.807) is 19.9 Å². The molecule has 0 fully saturated rings. The predicted octanol–water partition coefficient (Wildman–Crippen LogP) is 4.23. The Morgan fingerprint density at radius 2 is 1.76 bits per heavy atom. The van der Waals surface area contributed by atoms with E-state index in [-0.39, 0.29) is 5.91 Å². The lowest BCUT2D eigenvalue weighted by molar-refractivity contribution is -0.123. The van der Waals surface area contributed by atoms with E-state index in [0.29, 0.717) is 22.8 Å². The number of rotatable bonds is 4. The average Bonchev–Trinajstić information content (AvgIpc) is 2.93. The molecule has 128 valence electrons. The third-order valence-corrected chi connectivity index (χ3v) is 3.93. The van der Waals surface area contributed by atoms with E-state index >= 15 is 0 Å². The maximum Gasteiger partial charge on any atom is 0.342 e. The second-order valence-corrected chi connectivity index (χ2v) is 5.93. The first-order chi connectivity index (χ1) is 11.9. The van der Waals surface area contributed by atoms with Gasteiger partial charge in [-0.15, -0.1) is 0 Å². The minimum atomic E-state index is -0.923. The van der Waals surface area contributed by atoms with E-state index in [1.807, 2.05) is 42.5 Å². The molecule has 3 aromatic rings. The highest BCUT2D eigenvalue weighted by atomic mass is 16.5. The molecular weight excluding hydrogens is 318 g/mol. The van der Waals surface area contributed by atoms with Gasteiger partial charge in [-0.1, -0.05) is 30.3 Å². The van der Waals surface area contributed by atoms with E-state index in [2.05, 4.69) is 5.32 Å². The molecule has 25 heavy (non-hydrogen) atoms. The molecule has 5 heteroatoms. The lowest BCUT2D eigenvalue weighted by atomic mass is 10.1. The largest absolute Gasteiger partial charge is 0.466 e. The number of amides is 1. The fourth-order valence-corrected chi connectivity index (χ4v) is 2.62. The molecule has 0 saturated carbocycles. The summed E-state index contributed by atoms with van der Waals surface area (Å²) >= 11 is 0. The van der Waals surface area contributed by atoms with Gasteiger partial charge >= 0.3 is 5.97 Å². The van der Waals surface area contributed by atoms with Gasteiger partial charge in [-0.05, 0) is 49.7 Å². The zero-order chi connectivity index (χ0) is 18.0. The Balaban J connectivity index is 1.67. The van der Waals surface area contributed by atoms with Gasteiger partial charge in [-0.3, -0.25) is 4.79 Å². The minimum absolute atomic E-state index is 0.336. The van der Waals surface area contributed by atoms with Crippen LogP contribution in [0.25, 0.3) is 10.8 Å². The maximum atomic E-state index is 12.3. The van der Waals surface area contributed by atoms with Gasteiger partial charge in [0.1, 0.15) is 17.1 Å². The molecule has 1 heterocycles. The zero-order valence-electron chi connectivity index (χ0n) is 14.3. The number of fused-ring (bicyclic) bond motifs is 1. The van der Waals surface area contributed by atoms with Crippen LogP contribution in [-0.2, 0) is 9.53 Å². The maximum absolute atomic E-state index is 12.3. The highest BCUT2D eigenvalue weighted by Gasteiger charge is 2.22. The molecule has 0 bridgehead atoms. The topological polar surface area (TPSA) is 68.5 Å². The second kappa shape index (κ2) is 6.81. The van der Waals surface area contributed by atoms with Crippen molar-refractivity contribution in [3.8, 4) is 0 Å². The molecule has 0 aliphatic rings. The summed E-state index contributed by atoms with van der Waals surface area (Å²) < 4.78 is 10.6. The average molecular weight is 337 g/mol. The van der Waals surface area contributed by atoms with Crippen LogP contribution in [0, 0.1) is 13.8 Å². The molecule has 2 aromatic carbocycles. The van der Waals surface area contributed by atoms with Gasteiger partial charge in [-0.2, -0.15) is 0 Å². The van der Waals surface area contributed by atoms with E-state index in [4.69, 9.17) is 9.15 Å². The first kappa shape index (κ1) is 16.8. The number of anilines is 1. The molecule has 5 nitrogen and oxygen atoms in total. The predicted molar refractivity (Wildman–Crippen MR) is 95.6 cm³/mol. The summed E-state index contributed by atoms with van der Waals surface area (Å²) in [5, 5.41) is 4.88. The van der Waals surface area contributed by atoms with Crippen molar-refractivity contribution in [1.29, 1.82) is 0 Å². The summed E-state index contributed by atoms with van der Waals surface area (Å²) in [7, 11) is 0. The molecule has 0 aliphatic carbocycles. The Labute approximate surface area is 145 Å². The molecule has 1 amide bonds. The molecule has 0 radical (unpaired) electrons. The van der Waals surface area contributed by atoms with Gasteiger partial charge in [-0.25, -0.2) is 4.79 Å². The molecule has 0 aliphatic heterocycles. The molecule has 0 saturated heterocycles. The molecule has 1 N–H and O–H groups in total. The SMILES string of the molecule is Cc1cc(C(=O)O[C@@H](C)C(=O)Nc2ccc3ccccc3c2)c(C)o1. The smallest absolute Gasteiger partial charge is 0.342 e. The second-order valence-electron chi connectivity index (χ2n) is 5.93.